The van der Waals surface area contributed by atoms with E-state index in [-0.39, 0.29) is 0 Å². The maximum atomic E-state index is 4.29. The molecule has 14 heavy (non-hydrogen) atoms. The topological polar surface area (TPSA) is 56.5 Å². The molecule has 0 spiro atoms. The first kappa shape index (κ1) is 9.02. The van der Waals surface area contributed by atoms with Crippen LogP contribution in [0.4, 0.5) is 0 Å². The number of hydrogen-bond acceptors (Lipinski definition) is 2. The van der Waals surface area contributed by atoms with Gasteiger partial charge in [-0.2, -0.15) is 5.10 Å². The third-order valence-corrected chi connectivity index (χ3v) is 2.34. The molecule has 74 valence electrons. The lowest BCUT2D eigenvalue weighted by Crippen LogP contribution is -2.06. The van der Waals surface area contributed by atoms with Gasteiger partial charge in [0.2, 0.25) is 0 Å². The molecule has 0 fully saturated rings. The normalized spacial score (nSPS) is 10.7. The molecular weight excluding hydrogens is 176 g/mol. The monoisotopic (exact) mass is 190 g/mol. The molecule has 0 unspecified atom stereocenters. The molecule has 0 atom stereocenters. The zero-order valence-corrected chi connectivity index (χ0v) is 8.39. The highest BCUT2D eigenvalue weighted by Crippen LogP contribution is 2.22. The Morgan fingerprint density at radius 1 is 1.50 bits per heavy atom. The molecule has 2 heterocycles. The maximum absolute atomic E-state index is 4.29. The van der Waals surface area contributed by atoms with Gasteiger partial charge in [-0.05, 0) is 25.6 Å². The Morgan fingerprint density at radius 2 is 2.36 bits per heavy atom. The van der Waals surface area contributed by atoms with Gasteiger partial charge >= 0.3 is 0 Å². The average Bonchev–Trinajstić information content (AvgIpc) is 2.77. The van der Waals surface area contributed by atoms with E-state index in [1.165, 1.54) is 5.56 Å². The summed E-state index contributed by atoms with van der Waals surface area (Å²) in [5.41, 5.74) is 4.50. The van der Waals surface area contributed by atoms with Gasteiger partial charge in [0.1, 0.15) is 0 Å². The molecule has 2 aromatic rings. The van der Waals surface area contributed by atoms with Crippen molar-refractivity contribution in [3.05, 3.63) is 29.7 Å². The number of nitrogens with one attached hydrogen (secondary N) is 3. The van der Waals surface area contributed by atoms with Crippen molar-refractivity contribution in [2.75, 3.05) is 7.05 Å². The van der Waals surface area contributed by atoms with Gasteiger partial charge in [-0.25, -0.2) is 0 Å². The lowest BCUT2D eigenvalue weighted by molar-refractivity contribution is 0.779. The van der Waals surface area contributed by atoms with Gasteiger partial charge in [-0.1, -0.05) is 0 Å². The molecule has 3 N–H and O–H groups in total. The maximum Gasteiger partial charge on any atom is 0.0968 e. The summed E-state index contributed by atoms with van der Waals surface area (Å²) < 4.78 is 0. The van der Waals surface area contributed by atoms with E-state index in [2.05, 4.69) is 27.4 Å². The molecule has 4 heteroatoms. The predicted molar refractivity (Wildman–Crippen MR) is 55.9 cm³/mol. The number of hydrogen-bond donors (Lipinski definition) is 3. The van der Waals surface area contributed by atoms with E-state index in [9.17, 15) is 0 Å². The van der Waals surface area contributed by atoms with Crippen molar-refractivity contribution in [2.24, 2.45) is 0 Å². The number of aromatic amines is 2. The van der Waals surface area contributed by atoms with Gasteiger partial charge in [-0.15, -0.1) is 0 Å². The van der Waals surface area contributed by atoms with E-state index < -0.39 is 0 Å². The van der Waals surface area contributed by atoms with Gasteiger partial charge in [0.15, 0.2) is 0 Å². The second-order valence-electron chi connectivity index (χ2n) is 3.31. The molecule has 0 bridgehead atoms. The molecule has 0 aliphatic heterocycles. The standard InChI is InChI=1S/C10H14N4/c1-7-9(6-11-2)13-14-10(7)8-3-4-12-5-8/h3-5,11-12H,6H2,1-2H3,(H,13,14). The van der Waals surface area contributed by atoms with Crippen LogP contribution in [-0.2, 0) is 6.54 Å². The van der Waals surface area contributed by atoms with Crippen LogP contribution >= 0.6 is 0 Å². The SMILES string of the molecule is CNCc1[nH]nc(-c2cc[nH]c2)c1C. The van der Waals surface area contributed by atoms with Gasteiger partial charge < -0.3 is 10.3 Å². The van der Waals surface area contributed by atoms with Crippen LogP contribution in [0.15, 0.2) is 18.5 Å². The Balaban J connectivity index is 2.36. The Hall–Kier alpha value is -1.55. The van der Waals surface area contributed by atoms with Gasteiger partial charge in [0.25, 0.3) is 0 Å². The van der Waals surface area contributed by atoms with Crippen LogP contribution in [0.1, 0.15) is 11.3 Å². The van der Waals surface area contributed by atoms with Crippen molar-refractivity contribution in [1.82, 2.24) is 20.5 Å². The molecule has 0 saturated heterocycles. The Morgan fingerprint density at radius 3 is 3.00 bits per heavy atom. The molecule has 0 amide bonds. The molecule has 2 aromatic heterocycles. The first-order chi connectivity index (χ1) is 6.83. The third-order valence-electron chi connectivity index (χ3n) is 2.34. The summed E-state index contributed by atoms with van der Waals surface area (Å²) >= 11 is 0. The van der Waals surface area contributed by atoms with E-state index in [0.717, 1.165) is 23.5 Å². The van der Waals surface area contributed by atoms with Crippen molar-refractivity contribution < 1.29 is 0 Å². The molecular formula is C10H14N4. The van der Waals surface area contributed by atoms with Gasteiger partial charge in [0.05, 0.1) is 11.4 Å². The fraction of sp³-hybridized carbons (Fsp3) is 0.300. The molecule has 4 nitrogen and oxygen atoms in total. The smallest absolute Gasteiger partial charge is 0.0968 e. The van der Waals surface area contributed by atoms with Gasteiger partial charge in [-0.3, -0.25) is 5.10 Å². The Labute approximate surface area is 82.7 Å². The number of aromatic nitrogens is 3. The zero-order valence-electron chi connectivity index (χ0n) is 8.39. The highest BCUT2D eigenvalue weighted by molar-refractivity contribution is 5.62. The molecule has 0 radical (unpaired) electrons. The van der Waals surface area contributed by atoms with Crippen LogP contribution in [0.5, 0.6) is 0 Å². The summed E-state index contributed by atoms with van der Waals surface area (Å²) in [5.74, 6) is 0. The summed E-state index contributed by atoms with van der Waals surface area (Å²) in [6.07, 6.45) is 3.85. The van der Waals surface area contributed by atoms with Crippen LogP contribution in [-0.4, -0.2) is 22.2 Å². The third kappa shape index (κ3) is 1.44. The van der Waals surface area contributed by atoms with E-state index in [0.29, 0.717) is 0 Å². The summed E-state index contributed by atoms with van der Waals surface area (Å²) in [5, 5.41) is 10.4. The first-order valence-electron chi connectivity index (χ1n) is 4.64. The van der Waals surface area contributed by atoms with Crippen molar-refractivity contribution in [3.63, 3.8) is 0 Å². The molecule has 2 rings (SSSR count). The number of nitrogens with zero attached hydrogens (tertiary/aromatic N) is 1. The molecule has 0 aromatic carbocycles. The van der Waals surface area contributed by atoms with Crippen molar-refractivity contribution in [3.8, 4) is 11.3 Å². The number of rotatable bonds is 3. The summed E-state index contributed by atoms with van der Waals surface area (Å²) in [4.78, 5) is 3.03. The second-order valence-corrected chi connectivity index (χ2v) is 3.31. The molecule has 0 aliphatic rings. The minimum absolute atomic E-state index is 0.823. The first-order valence-corrected chi connectivity index (χ1v) is 4.64. The van der Waals surface area contributed by atoms with Crippen LogP contribution in [0.2, 0.25) is 0 Å². The van der Waals surface area contributed by atoms with E-state index in [4.69, 9.17) is 0 Å². The highest BCUT2D eigenvalue weighted by Gasteiger charge is 2.09. The zero-order chi connectivity index (χ0) is 9.97. The Bertz CT molecular complexity index is 400. The number of H-pyrrole nitrogens is 2. The molecule has 0 aliphatic carbocycles. The van der Waals surface area contributed by atoms with Crippen LogP contribution < -0.4 is 5.32 Å². The largest absolute Gasteiger partial charge is 0.367 e. The highest BCUT2D eigenvalue weighted by atomic mass is 15.1. The summed E-state index contributed by atoms with van der Waals surface area (Å²) in [7, 11) is 1.93. The lowest BCUT2D eigenvalue weighted by atomic mass is 10.1. The van der Waals surface area contributed by atoms with E-state index in [1.807, 2.05) is 25.5 Å². The van der Waals surface area contributed by atoms with Crippen molar-refractivity contribution in [1.29, 1.82) is 0 Å². The summed E-state index contributed by atoms with van der Waals surface area (Å²) in [6.45, 7) is 2.90. The quantitative estimate of drug-likeness (QED) is 0.685. The fourth-order valence-corrected chi connectivity index (χ4v) is 1.54. The summed E-state index contributed by atoms with van der Waals surface area (Å²) in [6, 6.07) is 2.02. The fourth-order valence-electron chi connectivity index (χ4n) is 1.54. The minimum atomic E-state index is 0.823. The van der Waals surface area contributed by atoms with Crippen molar-refractivity contribution >= 4 is 0 Å². The van der Waals surface area contributed by atoms with Crippen LogP contribution in [0.25, 0.3) is 11.3 Å². The van der Waals surface area contributed by atoms with E-state index >= 15 is 0 Å². The van der Waals surface area contributed by atoms with E-state index in [1.54, 1.807) is 0 Å². The van der Waals surface area contributed by atoms with Crippen molar-refractivity contribution in [2.45, 2.75) is 13.5 Å². The Kier molecular flexibility index (Phi) is 2.37. The minimum Gasteiger partial charge on any atom is -0.367 e. The average molecular weight is 190 g/mol. The van der Waals surface area contributed by atoms with Gasteiger partial charge in [0, 0.05) is 24.5 Å². The predicted octanol–water partition coefficient (Wildman–Crippen LogP) is 1.43. The lowest BCUT2D eigenvalue weighted by Gasteiger charge is -1.97. The van der Waals surface area contributed by atoms with Crippen LogP contribution in [0, 0.1) is 6.92 Å². The second kappa shape index (κ2) is 3.67. The van der Waals surface area contributed by atoms with Crippen LogP contribution in [0.3, 0.4) is 0 Å². The molecule has 0 saturated carbocycles.